The lowest BCUT2D eigenvalue weighted by molar-refractivity contribution is 0.208. The van der Waals surface area contributed by atoms with Gasteiger partial charge in [0.2, 0.25) is 0 Å². The van der Waals surface area contributed by atoms with Crippen LogP contribution in [0.3, 0.4) is 0 Å². The second-order valence-electron chi connectivity index (χ2n) is 1.79. The van der Waals surface area contributed by atoms with Crippen molar-refractivity contribution in [3.05, 3.63) is 0 Å². The Morgan fingerprint density at radius 2 is 2.44 bits per heavy atom. The van der Waals surface area contributed by atoms with Crippen LogP contribution in [0.1, 0.15) is 0 Å². The van der Waals surface area contributed by atoms with Crippen LogP contribution in [-0.4, -0.2) is 29.8 Å². The third-order valence-corrected chi connectivity index (χ3v) is 1.29. The van der Waals surface area contributed by atoms with Crippen LogP contribution in [0.25, 0.3) is 0 Å². The number of amides is 2. The van der Waals surface area contributed by atoms with Crippen LogP contribution < -0.4 is 10.6 Å². The smallest absolute Gasteiger partial charge is 0.324 e. The van der Waals surface area contributed by atoms with E-state index in [1.54, 1.807) is 7.05 Å². The molecule has 0 aromatic heterocycles. The Balaban J connectivity index is 2.54. The molecule has 0 aliphatic carbocycles. The van der Waals surface area contributed by atoms with Crippen molar-refractivity contribution in [1.29, 1.82) is 0 Å². The highest BCUT2D eigenvalue weighted by Gasteiger charge is 2.14. The van der Waals surface area contributed by atoms with Gasteiger partial charge in [-0.15, -0.1) is 0 Å². The van der Waals surface area contributed by atoms with E-state index in [1.807, 2.05) is 0 Å². The molecule has 1 heterocycles. The van der Waals surface area contributed by atoms with Gasteiger partial charge in [0.15, 0.2) is 5.11 Å². The Morgan fingerprint density at radius 3 is 2.89 bits per heavy atom. The number of hydrogen-bond acceptors (Lipinski definition) is 2. The molecule has 2 N–H and O–H groups in total. The molecule has 9 heavy (non-hydrogen) atoms. The molecule has 1 aliphatic heterocycles. The molecule has 0 spiro atoms. The SMILES string of the molecule is CN1CNC(=S)NC1=O. The molecule has 50 valence electrons. The van der Waals surface area contributed by atoms with Crippen LogP contribution in [0.4, 0.5) is 4.79 Å². The van der Waals surface area contributed by atoms with Crippen LogP contribution in [0.5, 0.6) is 0 Å². The lowest BCUT2D eigenvalue weighted by Gasteiger charge is -2.24. The highest BCUT2D eigenvalue weighted by atomic mass is 32.1. The summed E-state index contributed by atoms with van der Waals surface area (Å²) in [6.07, 6.45) is 0. The van der Waals surface area contributed by atoms with E-state index in [0.717, 1.165) is 0 Å². The van der Waals surface area contributed by atoms with Crippen LogP contribution in [0.15, 0.2) is 0 Å². The van der Waals surface area contributed by atoms with Crippen molar-refractivity contribution < 1.29 is 4.79 Å². The Hall–Kier alpha value is -0.840. The average molecular weight is 145 g/mol. The van der Waals surface area contributed by atoms with Crippen molar-refractivity contribution in [1.82, 2.24) is 15.5 Å². The molecule has 2 amide bonds. The summed E-state index contributed by atoms with van der Waals surface area (Å²) in [6.45, 7) is 0.491. The van der Waals surface area contributed by atoms with Crippen LogP contribution in [0.2, 0.25) is 0 Å². The van der Waals surface area contributed by atoms with Crippen molar-refractivity contribution in [2.75, 3.05) is 13.7 Å². The minimum Gasteiger partial charge on any atom is -0.345 e. The molecular weight excluding hydrogens is 138 g/mol. The van der Waals surface area contributed by atoms with E-state index in [9.17, 15) is 4.79 Å². The molecule has 0 unspecified atom stereocenters. The van der Waals surface area contributed by atoms with Gasteiger partial charge >= 0.3 is 6.03 Å². The van der Waals surface area contributed by atoms with Gasteiger partial charge in [-0.05, 0) is 12.2 Å². The number of nitrogens with one attached hydrogen (secondary N) is 2. The molecular formula is C4H7N3OS. The first kappa shape index (κ1) is 6.28. The van der Waals surface area contributed by atoms with Crippen LogP contribution in [0, 0.1) is 0 Å². The predicted octanol–water partition coefficient (Wildman–Crippen LogP) is -0.527. The first-order chi connectivity index (χ1) is 4.20. The second-order valence-corrected chi connectivity index (χ2v) is 2.20. The number of hydrogen-bond donors (Lipinski definition) is 2. The molecule has 0 atom stereocenters. The van der Waals surface area contributed by atoms with E-state index in [2.05, 4.69) is 22.9 Å². The molecule has 1 fully saturated rings. The molecule has 0 aromatic rings. The molecule has 0 radical (unpaired) electrons. The van der Waals surface area contributed by atoms with Gasteiger partial charge in [0.25, 0.3) is 0 Å². The standard InChI is InChI=1S/C4H7N3OS/c1-7-2-5-3(9)6-4(7)8/h2H2,1H3,(H2,5,6,8,9). The summed E-state index contributed by atoms with van der Waals surface area (Å²) in [4.78, 5) is 12.2. The number of thiocarbonyl (C=S) groups is 1. The topological polar surface area (TPSA) is 44.4 Å². The van der Waals surface area contributed by atoms with Crippen LogP contribution in [-0.2, 0) is 0 Å². The zero-order valence-electron chi connectivity index (χ0n) is 4.97. The van der Waals surface area contributed by atoms with Gasteiger partial charge in [-0.25, -0.2) is 4.79 Å². The molecule has 0 bridgehead atoms. The summed E-state index contributed by atoms with van der Waals surface area (Å²) >= 11 is 4.67. The Labute approximate surface area is 58.2 Å². The second kappa shape index (κ2) is 2.18. The highest BCUT2D eigenvalue weighted by Crippen LogP contribution is 1.86. The van der Waals surface area contributed by atoms with Gasteiger partial charge in [0.1, 0.15) is 0 Å². The fourth-order valence-corrected chi connectivity index (χ4v) is 0.651. The maximum absolute atomic E-state index is 10.7. The van der Waals surface area contributed by atoms with Gasteiger partial charge in [-0.1, -0.05) is 0 Å². The Bertz CT molecular complexity index is 158. The number of carbonyl (C=O) groups excluding carboxylic acids is 1. The summed E-state index contributed by atoms with van der Waals surface area (Å²) in [5.41, 5.74) is 0. The highest BCUT2D eigenvalue weighted by molar-refractivity contribution is 7.80. The zero-order valence-corrected chi connectivity index (χ0v) is 5.79. The van der Waals surface area contributed by atoms with E-state index in [-0.39, 0.29) is 6.03 Å². The molecule has 5 heteroatoms. The number of nitrogens with zero attached hydrogens (tertiary/aromatic N) is 1. The Kier molecular flexibility index (Phi) is 1.52. The van der Waals surface area contributed by atoms with E-state index >= 15 is 0 Å². The average Bonchev–Trinajstić information content (AvgIpc) is 1.80. The third kappa shape index (κ3) is 1.29. The molecule has 1 saturated heterocycles. The normalized spacial score (nSPS) is 19.0. The van der Waals surface area contributed by atoms with Crippen molar-refractivity contribution >= 4 is 23.4 Å². The molecule has 4 nitrogen and oxygen atoms in total. The lowest BCUT2D eigenvalue weighted by atomic mass is 10.7. The maximum Gasteiger partial charge on any atom is 0.324 e. The van der Waals surface area contributed by atoms with E-state index in [0.29, 0.717) is 11.8 Å². The summed E-state index contributed by atoms with van der Waals surface area (Å²) < 4.78 is 0. The Morgan fingerprint density at radius 1 is 1.78 bits per heavy atom. The summed E-state index contributed by atoms with van der Waals surface area (Å²) in [5.74, 6) is 0. The first-order valence-electron chi connectivity index (χ1n) is 2.50. The quantitative estimate of drug-likeness (QED) is 0.450. The van der Waals surface area contributed by atoms with E-state index in [4.69, 9.17) is 0 Å². The predicted molar refractivity (Wildman–Crippen MR) is 36.9 cm³/mol. The van der Waals surface area contributed by atoms with Gasteiger partial charge in [-0.2, -0.15) is 0 Å². The van der Waals surface area contributed by atoms with Crippen LogP contribution >= 0.6 is 12.2 Å². The van der Waals surface area contributed by atoms with E-state index in [1.165, 1.54) is 4.90 Å². The van der Waals surface area contributed by atoms with E-state index < -0.39 is 0 Å². The van der Waals surface area contributed by atoms with Gasteiger partial charge in [0.05, 0.1) is 6.67 Å². The number of carbonyl (C=O) groups is 1. The molecule has 0 aromatic carbocycles. The lowest BCUT2D eigenvalue weighted by Crippen LogP contribution is -2.55. The first-order valence-corrected chi connectivity index (χ1v) is 2.91. The van der Waals surface area contributed by atoms with Gasteiger partial charge in [0, 0.05) is 7.05 Å². The van der Waals surface area contributed by atoms with Crippen molar-refractivity contribution in [3.8, 4) is 0 Å². The summed E-state index contributed by atoms with van der Waals surface area (Å²) in [7, 11) is 1.68. The summed E-state index contributed by atoms with van der Waals surface area (Å²) in [6, 6.07) is -0.154. The number of urea groups is 1. The molecule has 0 saturated carbocycles. The molecule has 1 aliphatic rings. The minimum atomic E-state index is -0.154. The third-order valence-electron chi connectivity index (χ3n) is 1.04. The monoisotopic (exact) mass is 145 g/mol. The van der Waals surface area contributed by atoms with Gasteiger partial charge in [-0.3, -0.25) is 5.32 Å². The van der Waals surface area contributed by atoms with Crippen molar-refractivity contribution in [3.63, 3.8) is 0 Å². The fraction of sp³-hybridized carbons (Fsp3) is 0.500. The minimum absolute atomic E-state index is 0.154. The zero-order chi connectivity index (χ0) is 6.85. The van der Waals surface area contributed by atoms with Crippen molar-refractivity contribution in [2.45, 2.75) is 0 Å². The number of rotatable bonds is 0. The molecule has 1 rings (SSSR count). The summed E-state index contributed by atoms with van der Waals surface area (Å²) in [5, 5.41) is 5.62. The fourth-order valence-electron chi connectivity index (χ4n) is 0.499. The maximum atomic E-state index is 10.7. The largest absolute Gasteiger partial charge is 0.345 e. The van der Waals surface area contributed by atoms with Crippen molar-refractivity contribution in [2.24, 2.45) is 0 Å². The van der Waals surface area contributed by atoms with Gasteiger partial charge < -0.3 is 10.2 Å².